The van der Waals surface area contributed by atoms with Gasteiger partial charge in [-0.3, -0.25) is 4.79 Å². The van der Waals surface area contributed by atoms with Crippen LogP contribution in [0, 0.1) is 17.3 Å². The van der Waals surface area contributed by atoms with Crippen LogP contribution in [0.1, 0.15) is 26.3 Å². The van der Waals surface area contributed by atoms with Crippen molar-refractivity contribution < 1.29 is 19.1 Å². The summed E-state index contributed by atoms with van der Waals surface area (Å²) in [5.41, 5.74) is 1.30. The molecule has 0 bridgehead atoms. The summed E-state index contributed by atoms with van der Waals surface area (Å²) in [7, 11) is 1.35. The maximum atomic E-state index is 12.3. The largest absolute Gasteiger partial charge is 0.466 e. The average Bonchev–Trinajstić information content (AvgIpc) is 3.05. The van der Waals surface area contributed by atoms with Crippen molar-refractivity contribution in [1.82, 2.24) is 0 Å². The zero-order chi connectivity index (χ0) is 16.3. The van der Waals surface area contributed by atoms with Crippen LogP contribution in [0.25, 0.3) is 0 Å². The summed E-state index contributed by atoms with van der Waals surface area (Å²) in [5, 5.41) is 0. The van der Waals surface area contributed by atoms with Crippen molar-refractivity contribution in [2.75, 3.05) is 7.11 Å². The van der Waals surface area contributed by atoms with Crippen LogP contribution in [0.4, 0.5) is 0 Å². The van der Waals surface area contributed by atoms with Crippen LogP contribution in [-0.4, -0.2) is 19.0 Å². The Bertz CT molecular complexity index is 586. The molecule has 2 atom stereocenters. The predicted molar refractivity (Wildman–Crippen MR) is 82.8 cm³/mol. The Labute approximate surface area is 131 Å². The Balaban J connectivity index is 1.97. The summed E-state index contributed by atoms with van der Waals surface area (Å²) >= 11 is 0. The third-order valence-electron chi connectivity index (χ3n) is 4.33. The number of benzene rings is 1. The van der Waals surface area contributed by atoms with Crippen molar-refractivity contribution in [3.05, 3.63) is 47.5 Å². The minimum absolute atomic E-state index is 0.00914. The molecular weight excluding hydrogens is 280 g/mol. The van der Waals surface area contributed by atoms with Gasteiger partial charge in [-0.1, -0.05) is 50.3 Å². The van der Waals surface area contributed by atoms with Gasteiger partial charge in [0.2, 0.25) is 0 Å². The number of hydrogen-bond acceptors (Lipinski definition) is 4. The van der Waals surface area contributed by atoms with Gasteiger partial charge in [0, 0.05) is 5.57 Å². The minimum Gasteiger partial charge on any atom is -0.466 e. The highest BCUT2D eigenvalue weighted by Crippen LogP contribution is 2.59. The molecule has 4 nitrogen and oxygen atoms in total. The number of methoxy groups -OCH3 is 1. The fraction of sp³-hybridized carbons (Fsp3) is 0.444. The average molecular weight is 302 g/mol. The van der Waals surface area contributed by atoms with Crippen LogP contribution in [0.2, 0.25) is 0 Å². The second-order valence-corrected chi connectivity index (χ2v) is 6.26. The van der Waals surface area contributed by atoms with E-state index >= 15 is 0 Å². The van der Waals surface area contributed by atoms with E-state index in [1.54, 1.807) is 6.92 Å². The number of esters is 2. The molecule has 1 aromatic rings. The summed E-state index contributed by atoms with van der Waals surface area (Å²) in [6.07, 6.45) is 1.82. The first-order valence-electron chi connectivity index (χ1n) is 7.35. The standard InChI is InChI=1S/C18H22O4/c1-12(16(19)21-4)10-14-15(18(14,2)3)17(20)22-11-13-8-6-5-7-9-13/h5-10,14-15H,11H2,1-4H3/b12-10+. The van der Waals surface area contributed by atoms with Crippen LogP contribution >= 0.6 is 0 Å². The fourth-order valence-corrected chi connectivity index (χ4v) is 2.76. The lowest BCUT2D eigenvalue weighted by Crippen LogP contribution is -2.10. The normalized spacial score (nSPS) is 22.8. The fourth-order valence-electron chi connectivity index (χ4n) is 2.76. The third kappa shape index (κ3) is 3.38. The van der Waals surface area contributed by atoms with Crippen LogP contribution in [-0.2, 0) is 25.7 Å². The van der Waals surface area contributed by atoms with Crippen molar-refractivity contribution in [1.29, 1.82) is 0 Å². The van der Waals surface area contributed by atoms with Crippen molar-refractivity contribution >= 4 is 11.9 Å². The van der Waals surface area contributed by atoms with Gasteiger partial charge in [0.15, 0.2) is 0 Å². The first-order chi connectivity index (χ1) is 10.4. The molecule has 1 saturated carbocycles. The monoisotopic (exact) mass is 302 g/mol. The highest BCUT2D eigenvalue weighted by Gasteiger charge is 2.61. The molecule has 2 rings (SSSR count). The smallest absolute Gasteiger partial charge is 0.333 e. The second-order valence-electron chi connectivity index (χ2n) is 6.26. The van der Waals surface area contributed by atoms with E-state index in [1.807, 2.05) is 50.3 Å². The van der Waals surface area contributed by atoms with Gasteiger partial charge in [0.1, 0.15) is 6.61 Å². The van der Waals surface area contributed by atoms with Gasteiger partial charge in [-0.15, -0.1) is 0 Å². The van der Waals surface area contributed by atoms with Gasteiger partial charge in [-0.05, 0) is 23.8 Å². The third-order valence-corrected chi connectivity index (χ3v) is 4.33. The quantitative estimate of drug-likeness (QED) is 0.619. The Morgan fingerprint density at radius 3 is 2.45 bits per heavy atom. The first-order valence-corrected chi connectivity index (χ1v) is 7.35. The number of allylic oxidation sites excluding steroid dienone is 1. The van der Waals surface area contributed by atoms with Crippen LogP contribution in [0.3, 0.4) is 0 Å². The van der Waals surface area contributed by atoms with Crippen molar-refractivity contribution in [2.24, 2.45) is 17.3 Å². The SMILES string of the molecule is COC(=O)/C(C)=C/C1C(C(=O)OCc2ccccc2)C1(C)C. The molecule has 4 heteroatoms. The van der Waals surface area contributed by atoms with Crippen molar-refractivity contribution in [3.8, 4) is 0 Å². The molecule has 0 amide bonds. The van der Waals surface area contributed by atoms with E-state index in [2.05, 4.69) is 4.74 Å². The second kappa shape index (κ2) is 6.34. The number of carbonyl (C=O) groups excluding carboxylic acids is 2. The highest BCUT2D eigenvalue weighted by atomic mass is 16.5. The summed E-state index contributed by atoms with van der Waals surface area (Å²) in [6, 6.07) is 9.59. The van der Waals surface area contributed by atoms with Gasteiger partial charge in [0.25, 0.3) is 0 Å². The molecule has 0 spiro atoms. The number of hydrogen-bond donors (Lipinski definition) is 0. The van der Waals surface area contributed by atoms with Gasteiger partial charge >= 0.3 is 11.9 Å². The lowest BCUT2D eigenvalue weighted by atomic mass is 10.1. The molecule has 1 fully saturated rings. The van der Waals surface area contributed by atoms with Gasteiger partial charge in [0.05, 0.1) is 13.0 Å². The molecule has 1 aliphatic carbocycles. The van der Waals surface area contributed by atoms with Gasteiger partial charge in [-0.2, -0.15) is 0 Å². The minimum atomic E-state index is -0.362. The summed E-state index contributed by atoms with van der Waals surface area (Å²) in [6.45, 7) is 5.99. The molecule has 0 N–H and O–H groups in total. The Morgan fingerprint density at radius 2 is 1.86 bits per heavy atom. The summed E-state index contributed by atoms with van der Waals surface area (Å²) < 4.78 is 10.1. The molecule has 0 radical (unpaired) electrons. The molecule has 22 heavy (non-hydrogen) atoms. The van der Waals surface area contributed by atoms with Crippen LogP contribution < -0.4 is 0 Å². The first kappa shape index (κ1) is 16.3. The maximum Gasteiger partial charge on any atom is 0.333 e. The molecule has 0 aliphatic heterocycles. The highest BCUT2D eigenvalue weighted by molar-refractivity contribution is 5.88. The van der Waals surface area contributed by atoms with Crippen LogP contribution in [0.15, 0.2) is 42.0 Å². The van der Waals surface area contributed by atoms with Gasteiger partial charge < -0.3 is 9.47 Å². The zero-order valence-electron chi connectivity index (χ0n) is 13.5. The Hall–Kier alpha value is -2.10. The lowest BCUT2D eigenvalue weighted by molar-refractivity contribution is -0.147. The molecular formula is C18H22O4. The Morgan fingerprint density at radius 1 is 1.23 bits per heavy atom. The molecule has 1 aliphatic rings. The van der Waals surface area contributed by atoms with E-state index in [4.69, 9.17) is 4.74 Å². The molecule has 0 saturated heterocycles. The molecule has 1 aromatic carbocycles. The number of rotatable bonds is 5. The predicted octanol–water partition coefficient (Wildman–Crippen LogP) is 3.12. The van der Waals surface area contributed by atoms with E-state index < -0.39 is 0 Å². The van der Waals surface area contributed by atoms with E-state index in [-0.39, 0.29) is 35.8 Å². The van der Waals surface area contributed by atoms with Crippen molar-refractivity contribution in [3.63, 3.8) is 0 Å². The summed E-state index contributed by atoms with van der Waals surface area (Å²) in [5.74, 6) is -0.780. The van der Waals surface area contributed by atoms with Crippen LogP contribution in [0.5, 0.6) is 0 Å². The summed E-state index contributed by atoms with van der Waals surface area (Å²) in [4.78, 5) is 23.7. The zero-order valence-corrected chi connectivity index (χ0v) is 13.5. The molecule has 0 heterocycles. The number of carbonyl (C=O) groups is 2. The van der Waals surface area contributed by atoms with Crippen molar-refractivity contribution in [2.45, 2.75) is 27.4 Å². The van der Waals surface area contributed by atoms with E-state index in [0.717, 1.165) is 5.56 Å². The lowest BCUT2D eigenvalue weighted by Gasteiger charge is -2.05. The van der Waals surface area contributed by atoms with E-state index in [1.165, 1.54) is 7.11 Å². The van der Waals surface area contributed by atoms with E-state index in [0.29, 0.717) is 5.57 Å². The van der Waals surface area contributed by atoms with Gasteiger partial charge in [-0.25, -0.2) is 4.79 Å². The maximum absolute atomic E-state index is 12.3. The topological polar surface area (TPSA) is 52.6 Å². The molecule has 0 aromatic heterocycles. The molecule has 2 unspecified atom stereocenters. The van der Waals surface area contributed by atoms with E-state index in [9.17, 15) is 9.59 Å². The Kier molecular flexibility index (Phi) is 4.69. The molecule has 118 valence electrons. The number of ether oxygens (including phenoxy) is 2.